The molecule has 11 N–H and O–H groups in total. The smallest absolute Gasteiger partial charge is 0.370 e. The molecule has 0 spiro atoms. The Labute approximate surface area is 312 Å². The number of rotatable bonds is 15. The molecule has 0 saturated carbocycles. The molecule has 292 valence electrons. The standard InChI is InChI=1S/C36H42F3N11O5/c1-19(51)46-28(14-22-16-42-18-45-22)34(55)49-27(13-20-8-10-21(11-9-20)36(37,38)39)33(54)48-26(7-4-12-43-35(40)41)32(53)50-29-15-24-23-5-2-3-6-25(23)47-30(24)17-44-31(29)52/h2-3,5-6,8-11,16,18,26-29,47H,4,7,12-15,17H2,1H3,(H,42,45)(H,44,52)(H,46,51)(H,48,54)(H,49,55)(H,50,53)(H4,40,41,43)/t26-,27+,28-,29-/m0/s1. The summed E-state index contributed by atoms with van der Waals surface area (Å²) in [6.07, 6.45) is -1.73. The maximum Gasteiger partial charge on any atom is 0.416 e. The second-order valence-corrected chi connectivity index (χ2v) is 13.1. The van der Waals surface area contributed by atoms with Crippen molar-refractivity contribution in [3.8, 4) is 0 Å². The van der Waals surface area contributed by atoms with Gasteiger partial charge in [0.25, 0.3) is 0 Å². The van der Waals surface area contributed by atoms with Gasteiger partial charge in [-0.1, -0.05) is 30.3 Å². The lowest BCUT2D eigenvalue weighted by atomic mass is 10.0. The van der Waals surface area contributed by atoms with Gasteiger partial charge in [0.15, 0.2) is 5.96 Å². The van der Waals surface area contributed by atoms with E-state index in [1.807, 2.05) is 24.3 Å². The minimum atomic E-state index is -4.61. The van der Waals surface area contributed by atoms with Crippen LogP contribution in [0.1, 0.15) is 47.8 Å². The summed E-state index contributed by atoms with van der Waals surface area (Å²) >= 11 is 0. The van der Waals surface area contributed by atoms with Gasteiger partial charge in [-0.2, -0.15) is 13.2 Å². The summed E-state index contributed by atoms with van der Waals surface area (Å²) < 4.78 is 39.9. The van der Waals surface area contributed by atoms with Crippen molar-refractivity contribution in [2.45, 2.75) is 75.9 Å². The van der Waals surface area contributed by atoms with Crippen LogP contribution in [-0.4, -0.2) is 81.2 Å². The fourth-order valence-electron chi connectivity index (χ4n) is 6.29. The largest absolute Gasteiger partial charge is 0.416 e. The molecule has 0 radical (unpaired) electrons. The van der Waals surface area contributed by atoms with Crippen molar-refractivity contribution in [2.24, 2.45) is 16.5 Å². The number of H-pyrrole nitrogens is 2. The highest BCUT2D eigenvalue weighted by atomic mass is 19.4. The summed E-state index contributed by atoms with van der Waals surface area (Å²) in [4.78, 5) is 80.8. The summed E-state index contributed by atoms with van der Waals surface area (Å²) in [6, 6.07) is 6.68. The van der Waals surface area contributed by atoms with Gasteiger partial charge in [-0.05, 0) is 42.2 Å². The number of carbonyl (C=O) groups excluding carboxylic acids is 5. The van der Waals surface area contributed by atoms with Crippen molar-refractivity contribution in [2.75, 3.05) is 6.54 Å². The number of aromatic nitrogens is 3. The number of alkyl halides is 3. The van der Waals surface area contributed by atoms with Gasteiger partial charge in [0.2, 0.25) is 29.5 Å². The van der Waals surface area contributed by atoms with E-state index in [2.05, 4.69) is 46.5 Å². The second-order valence-electron chi connectivity index (χ2n) is 13.1. The first-order chi connectivity index (χ1) is 26.2. The van der Waals surface area contributed by atoms with E-state index in [1.165, 1.54) is 31.6 Å². The number of benzene rings is 2. The van der Waals surface area contributed by atoms with Gasteiger partial charge in [0, 0.05) is 61.2 Å². The molecule has 5 rings (SSSR count). The van der Waals surface area contributed by atoms with E-state index in [0.717, 1.165) is 34.3 Å². The Morgan fingerprint density at radius 3 is 2.29 bits per heavy atom. The predicted molar refractivity (Wildman–Crippen MR) is 195 cm³/mol. The molecule has 0 fully saturated rings. The number of hydrogen-bond donors (Lipinski definition) is 9. The molecule has 0 bridgehead atoms. The number of aromatic amines is 2. The Balaban J connectivity index is 1.39. The minimum Gasteiger partial charge on any atom is -0.370 e. The average molecular weight is 766 g/mol. The van der Waals surface area contributed by atoms with Crippen LogP contribution < -0.4 is 38.1 Å². The molecule has 4 aromatic rings. The van der Waals surface area contributed by atoms with Crippen LogP contribution in [0.15, 0.2) is 66.0 Å². The topological polar surface area (TPSA) is 254 Å². The van der Waals surface area contributed by atoms with Crippen molar-refractivity contribution >= 4 is 46.4 Å². The number of halogens is 3. The molecule has 0 unspecified atom stereocenters. The van der Waals surface area contributed by atoms with Crippen LogP contribution in [0.25, 0.3) is 10.9 Å². The number of aliphatic imine (C=N–C) groups is 1. The molecule has 2 aromatic heterocycles. The van der Waals surface area contributed by atoms with E-state index in [-0.39, 0.29) is 56.7 Å². The van der Waals surface area contributed by atoms with Crippen molar-refractivity contribution in [1.29, 1.82) is 0 Å². The van der Waals surface area contributed by atoms with Crippen LogP contribution in [0.2, 0.25) is 0 Å². The van der Waals surface area contributed by atoms with Crippen molar-refractivity contribution in [3.05, 3.63) is 89.1 Å². The average Bonchev–Trinajstić information content (AvgIpc) is 3.74. The SMILES string of the molecule is CC(=O)N[C@@H](Cc1cnc[nH]1)C(=O)N[C@H](Cc1ccc(C(F)(F)F)cc1)C(=O)N[C@@H](CCCN=C(N)N)C(=O)N[C@H]1Cc2c([nH]c3ccccc23)CNC1=O. The number of nitrogens with one attached hydrogen (secondary N) is 7. The first kappa shape index (κ1) is 39.8. The third-order valence-corrected chi connectivity index (χ3v) is 8.99. The lowest BCUT2D eigenvalue weighted by molar-refractivity contribution is -0.137. The van der Waals surface area contributed by atoms with Gasteiger partial charge in [0.1, 0.15) is 24.2 Å². The molecule has 5 amide bonds. The zero-order valence-electron chi connectivity index (χ0n) is 29.8. The molecular weight excluding hydrogens is 723 g/mol. The highest BCUT2D eigenvalue weighted by molar-refractivity contribution is 5.96. The van der Waals surface area contributed by atoms with Gasteiger partial charge >= 0.3 is 6.18 Å². The Bertz CT molecular complexity index is 2030. The van der Waals surface area contributed by atoms with Crippen molar-refractivity contribution in [1.82, 2.24) is 41.5 Å². The molecule has 16 nitrogen and oxygen atoms in total. The first-order valence-corrected chi connectivity index (χ1v) is 17.4. The van der Waals surface area contributed by atoms with E-state index in [4.69, 9.17) is 11.5 Å². The minimum absolute atomic E-state index is 0.00366. The summed E-state index contributed by atoms with van der Waals surface area (Å²) in [5.41, 5.74) is 13.3. The number of amides is 5. The second kappa shape index (κ2) is 17.6. The van der Waals surface area contributed by atoms with E-state index in [1.54, 1.807) is 0 Å². The molecule has 1 aliphatic heterocycles. The van der Waals surface area contributed by atoms with E-state index < -0.39 is 65.4 Å². The first-order valence-electron chi connectivity index (χ1n) is 17.4. The molecule has 2 aromatic carbocycles. The summed E-state index contributed by atoms with van der Waals surface area (Å²) in [7, 11) is 0. The third kappa shape index (κ3) is 10.8. The molecule has 0 saturated heterocycles. The van der Waals surface area contributed by atoms with Gasteiger partial charge in [0.05, 0.1) is 18.4 Å². The van der Waals surface area contributed by atoms with E-state index in [0.29, 0.717) is 5.69 Å². The maximum atomic E-state index is 14.1. The van der Waals surface area contributed by atoms with Crippen LogP contribution in [-0.2, 0) is 56.0 Å². The van der Waals surface area contributed by atoms with Crippen molar-refractivity contribution in [3.63, 3.8) is 0 Å². The normalized spacial score (nSPS) is 15.7. The van der Waals surface area contributed by atoms with Crippen molar-refractivity contribution < 1.29 is 37.1 Å². The summed E-state index contributed by atoms with van der Waals surface area (Å²) in [6.45, 7) is 1.51. The predicted octanol–water partition coefficient (Wildman–Crippen LogP) is 0.580. The number of guanidine groups is 1. The van der Waals surface area contributed by atoms with E-state index in [9.17, 15) is 37.1 Å². The number of nitrogens with zero attached hydrogens (tertiary/aromatic N) is 2. The Hall–Kier alpha value is -6.40. The van der Waals surface area contributed by atoms with Crippen LogP contribution in [0.3, 0.4) is 0 Å². The summed E-state index contributed by atoms with van der Waals surface area (Å²) in [5.74, 6) is -3.52. The Morgan fingerprint density at radius 2 is 1.64 bits per heavy atom. The fourth-order valence-corrected chi connectivity index (χ4v) is 6.29. The fraction of sp³-hybridized carbons (Fsp3) is 0.361. The molecule has 19 heteroatoms. The molecule has 1 aliphatic rings. The lowest BCUT2D eigenvalue weighted by Gasteiger charge is -2.26. The molecule has 3 heterocycles. The Morgan fingerprint density at radius 1 is 0.945 bits per heavy atom. The number of nitrogens with two attached hydrogens (primary N) is 2. The van der Waals surface area contributed by atoms with Crippen LogP contribution in [0.5, 0.6) is 0 Å². The number of para-hydroxylation sites is 1. The zero-order chi connectivity index (χ0) is 39.7. The third-order valence-electron chi connectivity index (χ3n) is 8.99. The quantitative estimate of drug-likeness (QED) is 0.0469. The number of fused-ring (bicyclic) bond motifs is 3. The van der Waals surface area contributed by atoms with Gasteiger partial charge in [-0.25, -0.2) is 4.98 Å². The Kier molecular flexibility index (Phi) is 12.7. The number of carbonyl (C=O) groups is 5. The molecule has 55 heavy (non-hydrogen) atoms. The number of imidazole rings is 1. The van der Waals surface area contributed by atoms with Gasteiger partial charge in [-0.15, -0.1) is 0 Å². The lowest BCUT2D eigenvalue weighted by Crippen LogP contribution is -2.59. The monoisotopic (exact) mass is 765 g/mol. The van der Waals surface area contributed by atoms with Crippen LogP contribution >= 0.6 is 0 Å². The highest BCUT2D eigenvalue weighted by Gasteiger charge is 2.34. The molecule has 0 aliphatic carbocycles. The highest BCUT2D eigenvalue weighted by Crippen LogP contribution is 2.29. The van der Waals surface area contributed by atoms with E-state index >= 15 is 0 Å². The van der Waals surface area contributed by atoms with Gasteiger partial charge < -0.3 is 48.0 Å². The molecular formula is C36H42F3N11O5. The maximum absolute atomic E-state index is 14.1. The van der Waals surface area contributed by atoms with Crippen LogP contribution in [0, 0.1) is 0 Å². The van der Waals surface area contributed by atoms with Gasteiger partial charge in [-0.3, -0.25) is 29.0 Å². The summed E-state index contributed by atoms with van der Waals surface area (Å²) in [5, 5.41) is 14.2. The zero-order valence-corrected chi connectivity index (χ0v) is 29.8. The molecule has 4 atom stereocenters. The van der Waals surface area contributed by atoms with Crippen LogP contribution in [0.4, 0.5) is 13.2 Å². The number of hydrogen-bond acceptors (Lipinski definition) is 7.